The van der Waals surface area contributed by atoms with Crippen LogP contribution < -0.4 is 10.2 Å². The predicted molar refractivity (Wildman–Crippen MR) is 74.5 cm³/mol. The van der Waals surface area contributed by atoms with Gasteiger partial charge in [-0.15, -0.1) is 0 Å². The number of benzene rings is 1. The molecular weight excluding hydrogens is 256 g/mol. The molecule has 2 atom stereocenters. The van der Waals surface area contributed by atoms with Gasteiger partial charge in [0.25, 0.3) is 5.69 Å². The molecule has 2 fully saturated rings. The van der Waals surface area contributed by atoms with Crippen molar-refractivity contribution in [3.63, 3.8) is 0 Å². The average molecular weight is 272 g/mol. The van der Waals surface area contributed by atoms with Crippen LogP contribution in [0.15, 0.2) is 18.2 Å². The Morgan fingerprint density at radius 1 is 1.45 bits per heavy atom. The number of nitrogens with one attached hydrogen (secondary N) is 1. The molecule has 0 bridgehead atoms. The average Bonchev–Trinajstić information content (AvgIpc) is 2.90. The van der Waals surface area contributed by atoms with Crippen molar-refractivity contribution in [1.29, 1.82) is 5.26 Å². The molecule has 1 aromatic carbocycles. The van der Waals surface area contributed by atoms with Gasteiger partial charge in [0.2, 0.25) is 0 Å². The molecular formula is C14H16N4O2. The van der Waals surface area contributed by atoms with Crippen LogP contribution in [0, 0.1) is 27.4 Å². The lowest BCUT2D eigenvalue weighted by molar-refractivity contribution is -0.384. The summed E-state index contributed by atoms with van der Waals surface area (Å²) in [5.41, 5.74) is 1.13. The quantitative estimate of drug-likeness (QED) is 0.654. The van der Waals surface area contributed by atoms with E-state index in [2.05, 4.69) is 11.4 Å². The summed E-state index contributed by atoms with van der Waals surface area (Å²) in [6, 6.07) is 7.04. The van der Waals surface area contributed by atoms with Crippen LogP contribution in [0.5, 0.6) is 0 Å². The number of fused-ring (bicyclic) bond motifs is 1. The monoisotopic (exact) mass is 272 g/mol. The lowest BCUT2D eigenvalue weighted by atomic mass is 9.94. The molecule has 6 nitrogen and oxygen atoms in total. The number of hydrogen-bond acceptors (Lipinski definition) is 5. The van der Waals surface area contributed by atoms with Crippen LogP contribution in [0.1, 0.15) is 18.4 Å². The zero-order valence-electron chi connectivity index (χ0n) is 11.1. The number of nitro benzene ring substituents is 1. The minimum atomic E-state index is -0.369. The summed E-state index contributed by atoms with van der Waals surface area (Å²) >= 11 is 0. The van der Waals surface area contributed by atoms with Crippen molar-refractivity contribution < 1.29 is 4.92 Å². The van der Waals surface area contributed by atoms with Gasteiger partial charge >= 0.3 is 0 Å². The summed E-state index contributed by atoms with van der Waals surface area (Å²) in [5.74, 6) is 0.550. The highest BCUT2D eigenvalue weighted by Gasteiger charge is 2.36. The van der Waals surface area contributed by atoms with Gasteiger partial charge in [-0.2, -0.15) is 5.26 Å². The van der Waals surface area contributed by atoms with Gasteiger partial charge in [-0.05, 0) is 37.4 Å². The van der Waals surface area contributed by atoms with Crippen LogP contribution in [-0.2, 0) is 0 Å². The third-order valence-electron chi connectivity index (χ3n) is 4.24. The molecule has 0 aliphatic carbocycles. The molecule has 2 heterocycles. The van der Waals surface area contributed by atoms with Gasteiger partial charge in [0.05, 0.1) is 16.6 Å². The molecule has 104 valence electrons. The molecule has 2 saturated heterocycles. The Bertz CT molecular complexity index is 567. The number of nitro groups is 1. The molecule has 1 aromatic rings. The molecule has 2 unspecified atom stereocenters. The zero-order chi connectivity index (χ0) is 14.1. The van der Waals surface area contributed by atoms with E-state index in [1.165, 1.54) is 18.6 Å². The Morgan fingerprint density at radius 2 is 2.30 bits per heavy atom. The Labute approximate surface area is 117 Å². The van der Waals surface area contributed by atoms with E-state index in [9.17, 15) is 10.1 Å². The first kappa shape index (κ1) is 12.9. The van der Waals surface area contributed by atoms with Crippen molar-refractivity contribution in [3.05, 3.63) is 33.9 Å². The number of piperidine rings is 1. The third kappa shape index (κ3) is 2.21. The fourth-order valence-corrected chi connectivity index (χ4v) is 3.24. The normalized spacial score (nSPS) is 25.1. The van der Waals surface area contributed by atoms with Crippen LogP contribution in [0.3, 0.4) is 0 Å². The smallest absolute Gasteiger partial charge is 0.292 e. The molecule has 0 radical (unpaired) electrons. The number of hydrogen-bond donors (Lipinski definition) is 1. The molecule has 0 amide bonds. The van der Waals surface area contributed by atoms with Crippen LogP contribution in [-0.4, -0.2) is 30.6 Å². The standard InChI is InChI=1S/C14H16N4O2/c15-7-10-3-4-13(18(19)20)14(6-10)17-8-11-2-1-5-16-12(11)9-17/h3-4,6,11-12,16H,1-2,5,8-9H2. The van der Waals surface area contributed by atoms with Crippen LogP contribution in [0.4, 0.5) is 11.4 Å². The Kier molecular flexibility index (Phi) is 3.28. The van der Waals surface area contributed by atoms with Gasteiger partial charge in [0.15, 0.2) is 0 Å². The Hall–Kier alpha value is -2.13. The molecule has 1 N–H and O–H groups in total. The molecule has 0 aromatic heterocycles. The van der Waals surface area contributed by atoms with Crippen molar-refractivity contribution in [3.8, 4) is 6.07 Å². The molecule has 20 heavy (non-hydrogen) atoms. The SMILES string of the molecule is N#Cc1ccc([N+](=O)[O-])c(N2CC3CCCNC3C2)c1. The minimum Gasteiger partial charge on any atom is -0.364 e. The van der Waals surface area contributed by atoms with Crippen molar-refractivity contribution in [2.75, 3.05) is 24.5 Å². The fraction of sp³-hybridized carbons (Fsp3) is 0.500. The summed E-state index contributed by atoms with van der Waals surface area (Å²) in [6.45, 7) is 2.63. The highest BCUT2D eigenvalue weighted by molar-refractivity contribution is 5.66. The van der Waals surface area contributed by atoms with Gasteiger partial charge in [0.1, 0.15) is 5.69 Å². The van der Waals surface area contributed by atoms with Gasteiger partial charge in [0, 0.05) is 25.2 Å². The maximum absolute atomic E-state index is 11.2. The van der Waals surface area contributed by atoms with Crippen LogP contribution >= 0.6 is 0 Å². The third-order valence-corrected chi connectivity index (χ3v) is 4.24. The Balaban J connectivity index is 1.93. The number of rotatable bonds is 2. The van der Waals surface area contributed by atoms with E-state index in [0.717, 1.165) is 26.1 Å². The lowest BCUT2D eigenvalue weighted by Gasteiger charge is -2.24. The molecule has 0 saturated carbocycles. The summed E-state index contributed by atoms with van der Waals surface area (Å²) in [5, 5.41) is 23.6. The van der Waals surface area contributed by atoms with Gasteiger partial charge in [-0.1, -0.05) is 0 Å². The first-order chi connectivity index (χ1) is 9.69. The van der Waals surface area contributed by atoms with Crippen molar-refractivity contribution in [2.24, 2.45) is 5.92 Å². The van der Waals surface area contributed by atoms with Gasteiger partial charge in [-0.3, -0.25) is 10.1 Å². The van der Waals surface area contributed by atoms with E-state index in [0.29, 0.717) is 23.2 Å². The summed E-state index contributed by atoms with van der Waals surface area (Å²) in [7, 11) is 0. The molecule has 3 rings (SSSR count). The Morgan fingerprint density at radius 3 is 3.00 bits per heavy atom. The highest BCUT2D eigenvalue weighted by atomic mass is 16.6. The fourth-order valence-electron chi connectivity index (χ4n) is 3.24. The second-order valence-corrected chi connectivity index (χ2v) is 5.44. The van der Waals surface area contributed by atoms with Crippen molar-refractivity contribution in [1.82, 2.24) is 5.32 Å². The van der Waals surface area contributed by atoms with E-state index < -0.39 is 0 Å². The summed E-state index contributed by atoms with van der Waals surface area (Å²) in [4.78, 5) is 12.9. The van der Waals surface area contributed by atoms with E-state index in [1.54, 1.807) is 6.07 Å². The second-order valence-electron chi connectivity index (χ2n) is 5.44. The van der Waals surface area contributed by atoms with Crippen molar-refractivity contribution in [2.45, 2.75) is 18.9 Å². The molecule has 2 aliphatic rings. The van der Waals surface area contributed by atoms with Gasteiger partial charge < -0.3 is 10.2 Å². The van der Waals surface area contributed by atoms with E-state index in [4.69, 9.17) is 5.26 Å². The molecule has 6 heteroatoms. The highest BCUT2D eigenvalue weighted by Crippen LogP contribution is 2.35. The first-order valence-electron chi connectivity index (χ1n) is 6.86. The number of anilines is 1. The molecule has 0 spiro atoms. The van der Waals surface area contributed by atoms with Crippen LogP contribution in [0.25, 0.3) is 0 Å². The van der Waals surface area contributed by atoms with Gasteiger partial charge in [-0.25, -0.2) is 0 Å². The zero-order valence-corrected chi connectivity index (χ0v) is 11.1. The maximum atomic E-state index is 11.2. The van der Waals surface area contributed by atoms with E-state index >= 15 is 0 Å². The van der Waals surface area contributed by atoms with Crippen molar-refractivity contribution >= 4 is 11.4 Å². The van der Waals surface area contributed by atoms with E-state index in [1.807, 2.05) is 4.90 Å². The predicted octanol–water partition coefficient (Wildman–Crippen LogP) is 1.65. The topological polar surface area (TPSA) is 82.2 Å². The minimum absolute atomic E-state index is 0.0858. The lowest BCUT2D eigenvalue weighted by Crippen LogP contribution is -2.40. The number of nitriles is 1. The largest absolute Gasteiger partial charge is 0.364 e. The number of nitrogens with zero attached hydrogens (tertiary/aromatic N) is 3. The van der Waals surface area contributed by atoms with Crippen LogP contribution in [0.2, 0.25) is 0 Å². The summed E-state index contributed by atoms with van der Waals surface area (Å²) < 4.78 is 0. The second kappa shape index (κ2) is 5.10. The van der Waals surface area contributed by atoms with E-state index in [-0.39, 0.29) is 10.6 Å². The summed E-state index contributed by atoms with van der Waals surface area (Å²) in [6.07, 6.45) is 2.33. The maximum Gasteiger partial charge on any atom is 0.292 e. The molecule has 2 aliphatic heterocycles. The first-order valence-corrected chi connectivity index (χ1v) is 6.86.